The molecule has 7 heteroatoms. The van der Waals surface area contributed by atoms with Crippen LogP contribution in [-0.4, -0.2) is 22.3 Å². The number of rotatable bonds is 3. The van der Waals surface area contributed by atoms with Crippen molar-refractivity contribution in [3.05, 3.63) is 47.7 Å². The summed E-state index contributed by atoms with van der Waals surface area (Å²) in [5.74, 6) is 6.99. The molecule has 1 amide bonds. The highest BCUT2D eigenvalue weighted by Crippen LogP contribution is 2.34. The lowest BCUT2D eigenvalue weighted by molar-refractivity contribution is 0.0953. The smallest absolute Gasteiger partial charge is 0.265 e. The van der Waals surface area contributed by atoms with Crippen molar-refractivity contribution < 1.29 is 14.3 Å². The van der Waals surface area contributed by atoms with Gasteiger partial charge in [-0.25, -0.2) is 5.84 Å². The van der Waals surface area contributed by atoms with Crippen molar-refractivity contribution >= 4 is 16.8 Å². The standard InChI is InChI=1S/C17H16N4O3/c1-21-16-12(9-19-21)6-11(17(22)20-18)8-15(16)24-13-2-3-14-10(7-13)4-5-23-14/h2-3,6-9H,4-5,18H2,1H3,(H,20,22). The van der Waals surface area contributed by atoms with E-state index in [1.807, 2.05) is 25.2 Å². The van der Waals surface area contributed by atoms with Crippen molar-refractivity contribution in [2.24, 2.45) is 12.9 Å². The average molecular weight is 324 g/mol. The van der Waals surface area contributed by atoms with Crippen molar-refractivity contribution in [3.63, 3.8) is 0 Å². The van der Waals surface area contributed by atoms with E-state index < -0.39 is 0 Å². The molecule has 0 saturated carbocycles. The highest BCUT2D eigenvalue weighted by atomic mass is 16.5. The summed E-state index contributed by atoms with van der Waals surface area (Å²) in [4.78, 5) is 11.9. The molecule has 0 aliphatic carbocycles. The SMILES string of the molecule is Cn1ncc2cc(C(=O)NN)cc(Oc3ccc4c(c3)CCO4)c21. The molecule has 4 rings (SSSR count). The van der Waals surface area contributed by atoms with E-state index in [0.717, 1.165) is 28.6 Å². The van der Waals surface area contributed by atoms with Crippen molar-refractivity contribution in [3.8, 4) is 17.2 Å². The number of aryl methyl sites for hydroxylation is 1. The fourth-order valence-corrected chi connectivity index (χ4v) is 2.93. The van der Waals surface area contributed by atoms with Crippen LogP contribution in [0.15, 0.2) is 36.5 Å². The topological polar surface area (TPSA) is 91.4 Å². The first-order valence-corrected chi connectivity index (χ1v) is 7.56. The van der Waals surface area contributed by atoms with E-state index in [1.54, 1.807) is 23.0 Å². The lowest BCUT2D eigenvalue weighted by atomic mass is 10.1. The zero-order valence-corrected chi connectivity index (χ0v) is 13.1. The maximum absolute atomic E-state index is 11.9. The van der Waals surface area contributed by atoms with Crippen LogP contribution >= 0.6 is 0 Å². The number of amides is 1. The van der Waals surface area contributed by atoms with Crippen LogP contribution in [0.4, 0.5) is 0 Å². The Hall–Kier alpha value is -3.06. The summed E-state index contributed by atoms with van der Waals surface area (Å²) in [6.07, 6.45) is 2.55. The van der Waals surface area contributed by atoms with Gasteiger partial charge < -0.3 is 9.47 Å². The largest absolute Gasteiger partial charge is 0.493 e. The Labute approximate surface area is 137 Å². The van der Waals surface area contributed by atoms with Crippen LogP contribution in [0.5, 0.6) is 17.2 Å². The van der Waals surface area contributed by atoms with Crippen molar-refractivity contribution in [2.45, 2.75) is 6.42 Å². The number of ether oxygens (including phenoxy) is 2. The van der Waals surface area contributed by atoms with Crippen LogP contribution in [0.2, 0.25) is 0 Å². The number of aromatic nitrogens is 2. The number of nitrogens with two attached hydrogens (primary N) is 1. The van der Waals surface area contributed by atoms with E-state index in [-0.39, 0.29) is 5.91 Å². The number of nitrogen functional groups attached to an aromatic ring is 1. The molecular weight excluding hydrogens is 308 g/mol. The monoisotopic (exact) mass is 324 g/mol. The van der Waals surface area contributed by atoms with E-state index in [4.69, 9.17) is 15.3 Å². The predicted octanol–water partition coefficient (Wildman–Crippen LogP) is 1.90. The molecule has 24 heavy (non-hydrogen) atoms. The van der Waals surface area contributed by atoms with Crippen LogP contribution in [0.3, 0.4) is 0 Å². The summed E-state index contributed by atoms with van der Waals surface area (Å²) in [5, 5.41) is 5.04. The van der Waals surface area contributed by atoms with Gasteiger partial charge in [0, 0.05) is 30.0 Å². The van der Waals surface area contributed by atoms with Crippen LogP contribution < -0.4 is 20.7 Å². The minimum Gasteiger partial charge on any atom is -0.493 e. The van der Waals surface area contributed by atoms with Crippen LogP contribution in [0.25, 0.3) is 10.9 Å². The molecule has 0 saturated heterocycles. The Morgan fingerprint density at radius 2 is 2.25 bits per heavy atom. The third-order valence-corrected chi connectivity index (χ3v) is 4.08. The number of nitrogens with one attached hydrogen (secondary N) is 1. The van der Waals surface area contributed by atoms with E-state index in [1.165, 1.54) is 0 Å². The lowest BCUT2D eigenvalue weighted by Gasteiger charge is -2.11. The van der Waals surface area contributed by atoms with Gasteiger partial charge in [0.15, 0.2) is 5.75 Å². The van der Waals surface area contributed by atoms with Crippen LogP contribution in [-0.2, 0) is 13.5 Å². The summed E-state index contributed by atoms with van der Waals surface area (Å²) < 4.78 is 13.3. The highest BCUT2D eigenvalue weighted by molar-refractivity contribution is 5.99. The first kappa shape index (κ1) is 14.5. The number of nitrogens with zero attached hydrogens (tertiary/aromatic N) is 2. The van der Waals surface area contributed by atoms with E-state index in [2.05, 4.69) is 10.5 Å². The number of fused-ring (bicyclic) bond motifs is 2. The molecule has 0 spiro atoms. The maximum atomic E-state index is 11.9. The first-order chi connectivity index (χ1) is 11.7. The third kappa shape index (κ3) is 2.35. The molecule has 0 atom stereocenters. The van der Waals surface area contributed by atoms with E-state index >= 15 is 0 Å². The fraction of sp³-hybridized carbons (Fsp3) is 0.176. The van der Waals surface area contributed by atoms with E-state index in [0.29, 0.717) is 23.7 Å². The predicted molar refractivity (Wildman–Crippen MR) is 88.1 cm³/mol. The molecule has 0 fully saturated rings. The molecule has 0 unspecified atom stereocenters. The summed E-state index contributed by atoms with van der Waals surface area (Å²) in [7, 11) is 1.83. The molecule has 0 radical (unpaired) electrons. The quantitative estimate of drug-likeness (QED) is 0.436. The molecule has 1 aliphatic rings. The number of hydrogen-bond acceptors (Lipinski definition) is 5. The first-order valence-electron chi connectivity index (χ1n) is 7.56. The Morgan fingerprint density at radius 1 is 1.38 bits per heavy atom. The summed E-state index contributed by atoms with van der Waals surface area (Å²) >= 11 is 0. The molecule has 1 aliphatic heterocycles. The Balaban J connectivity index is 1.79. The van der Waals surface area contributed by atoms with Gasteiger partial charge in [-0.1, -0.05) is 0 Å². The summed E-state index contributed by atoms with van der Waals surface area (Å²) in [6, 6.07) is 9.10. The van der Waals surface area contributed by atoms with Gasteiger partial charge in [-0.3, -0.25) is 14.9 Å². The summed E-state index contributed by atoms with van der Waals surface area (Å²) in [6.45, 7) is 0.691. The molecule has 1 aromatic heterocycles. The van der Waals surface area contributed by atoms with Gasteiger partial charge in [-0.2, -0.15) is 5.10 Å². The number of carbonyl (C=O) groups excluding carboxylic acids is 1. The molecule has 122 valence electrons. The number of carbonyl (C=O) groups is 1. The Kier molecular flexibility index (Phi) is 3.35. The lowest BCUT2D eigenvalue weighted by Crippen LogP contribution is -2.29. The summed E-state index contributed by atoms with van der Waals surface area (Å²) in [5.41, 5.74) is 4.48. The Bertz CT molecular complexity index is 948. The molecular formula is C17H16N4O3. The van der Waals surface area contributed by atoms with Gasteiger partial charge in [-0.15, -0.1) is 0 Å². The second-order valence-electron chi connectivity index (χ2n) is 5.62. The van der Waals surface area contributed by atoms with E-state index in [9.17, 15) is 4.79 Å². The molecule has 7 nitrogen and oxygen atoms in total. The minimum atomic E-state index is -0.382. The maximum Gasteiger partial charge on any atom is 0.265 e. The van der Waals surface area contributed by atoms with Crippen LogP contribution in [0.1, 0.15) is 15.9 Å². The number of hydrazine groups is 1. The van der Waals surface area contributed by atoms with Crippen molar-refractivity contribution in [1.29, 1.82) is 0 Å². The molecule has 3 N–H and O–H groups in total. The van der Waals surface area contributed by atoms with Gasteiger partial charge in [0.2, 0.25) is 0 Å². The zero-order chi connectivity index (χ0) is 16.7. The number of benzene rings is 2. The molecule has 2 aromatic carbocycles. The molecule has 3 aromatic rings. The van der Waals surface area contributed by atoms with Gasteiger partial charge in [-0.05, 0) is 30.3 Å². The minimum absolute atomic E-state index is 0.382. The average Bonchev–Trinajstić information content (AvgIpc) is 3.20. The van der Waals surface area contributed by atoms with Gasteiger partial charge in [0.25, 0.3) is 5.91 Å². The van der Waals surface area contributed by atoms with Crippen LogP contribution in [0, 0.1) is 0 Å². The number of hydrogen-bond donors (Lipinski definition) is 2. The molecule has 0 bridgehead atoms. The second kappa shape index (κ2) is 5.54. The van der Waals surface area contributed by atoms with Gasteiger partial charge >= 0.3 is 0 Å². The fourth-order valence-electron chi connectivity index (χ4n) is 2.93. The van der Waals surface area contributed by atoms with Gasteiger partial charge in [0.05, 0.1) is 12.8 Å². The normalized spacial score (nSPS) is 12.8. The van der Waals surface area contributed by atoms with Gasteiger partial charge in [0.1, 0.15) is 17.0 Å². The second-order valence-corrected chi connectivity index (χ2v) is 5.62. The highest BCUT2D eigenvalue weighted by Gasteiger charge is 2.16. The third-order valence-electron chi connectivity index (χ3n) is 4.08. The van der Waals surface area contributed by atoms with Crippen molar-refractivity contribution in [2.75, 3.05) is 6.61 Å². The van der Waals surface area contributed by atoms with Crippen molar-refractivity contribution in [1.82, 2.24) is 15.2 Å². The zero-order valence-electron chi connectivity index (χ0n) is 13.1. The Morgan fingerprint density at radius 3 is 3.08 bits per heavy atom. The molecule has 2 heterocycles.